The van der Waals surface area contributed by atoms with Crippen molar-refractivity contribution in [2.45, 2.75) is 33.3 Å². The Morgan fingerprint density at radius 3 is 2.43 bits per heavy atom. The summed E-state index contributed by atoms with van der Waals surface area (Å²) in [4.78, 5) is 27.5. The van der Waals surface area contributed by atoms with E-state index in [1.807, 2.05) is 19.9 Å². The third-order valence-corrected chi connectivity index (χ3v) is 6.09. The third kappa shape index (κ3) is 5.24. The van der Waals surface area contributed by atoms with Crippen LogP contribution >= 0.6 is 0 Å². The third-order valence-electron chi connectivity index (χ3n) is 6.09. The standard InChI is InChI=1S/C26H29N3O6/c1-16-20(17(2)35-28-16)15-34-23-10-8-18(14-24(23)32-3)25(30)27-21-13-19(26(31)33-4)7-9-22(21)29-11-5-6-12-29/h7-10,13-14H,5-6,11-12,15H2,1-4H3,(H,27,30). The molecule has 0 aliphatic carbocycles. The Kier molecular flexibility index (Phi) is 7.24. The lowest BCUT2D eigenvalue weighted by Crippen LogP contribution is -2.21. The van der Waals surface area contributed by atoms with E-state index in [-0.39, 0.29) is 12.5 Å². The van der Waals surface area contributed by atoms with E-state index in [1.54, 1.807) is 30.3 Å². The fourth-order valence-electron chi connectivity index (χ4n) is 4.10. The quantitative estimate of drug-likeness (QED) is 0.471. The molecule has 0 bridgehead atoms. The monoisotopic (exact) mass is 479 g/mol. The fraction of sp³-hybridized carbons (Fsp3) is 0.346. The van der Waals surface area contributed by atoms with Crippen molar-refractivity contribution in [2.24, 2.45) is 0 Å². The maximum atomic E-state index is 13.2. The summed E-state index contributed by atoms with van der Waals surface area (Å²) in [7, 11) is 2.85. The molecule has 184 valence electrons. The zero-order valence-corrected chi connectivity index (χ0v) is 20.3. The van der Waals surface area contributed by atoms with Crippen LogP contribution in [0.1, 0.15) is 50.6 Å². The Labute approximate surface area is 203 Å². The van der Waals surface area contributed by atoms with Gasteiger partial charge in [0.15, 0.2) is 11.5 Å². The van der Waals surface area contributed by atoms with Crippen molar-refractivity contribution < 1.29 is 28.3 Å². The Hall–Kier alpha value is -4.01. The average Bonchev–Trinajstić information content (AvgIpc) is 3.52. The summed E-state index contributed by atoms with van der Waals surface area (Å²) in [6.45, 7) is 5.74. The van der Waals surface area contributed by atoms with Crippen LogP contribution in [0.2, 0.25) is 0 Å². The number of esters is 1. The first kappa shape index (κ1) is 24.1. The molecule has 1 saturated heterocycles. The minimum absolute atomic E-state index is 0.266. The van der Waals surface area contributed by atoms with Gasteiger partial charge in [-0.25, -0.2) is 4.79 Å². The first-order valence-corrected chi connectivity index (χ1v) is 11.4. The van der Waals surface area contributed by atoms with Crippen molar-refractivity contribution in [3.05, 3.63) is 64.5 Å². The molecule has 1 aliphatic heterocycles. The number of amides is 1. The highest BCUT2D eigenvalue weighted by Gasteiger charge is 2.20. The van der Waals surface area contributed by atoms with E-state index in [1.165, 1.54) is 14.2 Å². The maximum absolute atomic E-state index is 13.2. The first-order chi connectivity index (χ1) is 16.9. The number of methoxy groups -OCH3 is 2. The van der Waals surface area contributed by atoms with E-state index in [9.17, 15) is 9.59 Å². The van der Waals surface area contributed by atoms with Gasteiger partial charge in [0, 0.05) is 18.7 Å². The number of aryl methyl sites for hydroxylation is 2. The second-order valence-corrected chi connectivity index (χ2v) is 8.33. The van der Waals surface area contributed by atoms with Gasteiger partial charge < -0.3 is 29.0 Å². The van der Waals surface area contributed by atoms with Gasteiger partial charge in [-0.3, -0.25) is 4.79 Å². The number of carbonyl (C=O) groups excluding carboxylic acids is 2. The molecule has 1 aliphatic rings. The molecular formula is C26H29N3O6. The molecule has 0 spiro atoms. The SMILES string of the molecule is COC(=O)c1ccc(N2CCCC2)c(NC(=O)c2ccc(OCc3c(C)noc3C)c(OC)c2)c1. The van der Waals surface area contributed by atoms with Gasteiger partial charge in [-0.15, -0.1) is 0 Å². The molecule has 1 amide bonds. The molecule has 1 aromatic heterocycles. The highest BCUT2D eigenvalue weighted by atomic mass is 16.5. The lowest BCUT2D eigenvalue weighted by atomic mass is 10.1. The van der Waals surface area contributed by atoms with Crippen LogP contribution in [-0.2, 0) is 11.3 Å². The molecule has 9 nitrogen and oxygen atoms in total. The van der Waals surface area contributed by atoms with Gasteiger partial charge in [-0.05, 0) is 63.1 Å². The summed E-state index contributed by atoms with van der Waals surface area (Å²) in [5.41, 5.74) is 3.82. The lowest BCUT2D eigenvalue weighted by molar-refractivity contribution is 0.0600. The van der Waals surface area contributed by atoms with Gasteiger partial charge >= 0.3 is 5.97 Å². The molecule has 1 N–H and O–H groups in total. The number of nitrogens with one attached hydrogen (secondary N) is 1. The summed E-state index contributed by atoms with van der Waals surface area (Å²) in [5.74, 6) is 0.820. The van der Waals surface area contributed by atoms with E-state index in [4.69, 9.17) is 18.7 Å². The number of hydrogen-bond acceptors (Lipinski definition) is 8. The molecule has 3 aromatic rings. The molecule has 4 rings (SSSR count). The van der Waals surface area contributed by atoms with Crippen LogP contribution in [0, 0.1) is 13.8 Å². The van der Waals surface area contributed by atoms with Gasteiger partial charge in [-0.2, -0.15) is 0 Å². The van der Waals surface area contributed by atoms with Crippen molar-refractivity contribution in [3.63, 3.8) is 0 Å². The number of hydrogen-bond donors (Lipinski definition) is 1. The highest BCUT2D eigenvalue weighted by Crippen LogP contribution is 2.33. The molecule has 0 unspecified atom stereocenters. The predicted octanol–water partition coefficient (Wildman–Crippen LogP) is 4.52. The summed E-state index contributed by atoms with van der Waals surface area (Å²) in [5, 5.41) is 6.89. The zero-order valence-electron chi connectivity index (χ0n) is 20.3. The Morgan fingerprint density at radius 2 is 1.77 bits per heavy atom. The van der Waals surface area contributed by atoms with E-state index < -0.39 is 5.97 Å². The summed E-state index contributed by atoms with van der Waals surface area (Å²) < 4.78 is 21.4. The number of carbonyl (C=O) groups is 2. The molecule has 0 saturated carbocycles. The van der Waals surface area contributed by atoms with Crippen LogP contribution in [0.15, 0.2) is 40.9 Å². The normalized spacial score (nSPS) is 13.0. The summed E-state index contributed by atoms with van der Waals surface area (Å²) in [6.07, 6.45) is 2.16. The van der Waals surface area contributed by atoms with Crippen molar-refractivity contribution in [1.82, 2.24) is 5.16 Å². The highest BCUT2D eigenvalue weighted by molar-refractivity contribution is 6.07. The van der Waals surface area contributed by atoms with Crippen LogP contribution in [0.3, 0.4) is 0 Å². The number of nitrogens with zero attached hydrogens (tertiary/aromatic N) is 2. The number of ether oxygens (including phenoxy) is 3. The zero-order chi connectivity index (χ0) is 24.9. The molecule has 2 heterocycles. The average molecular weight is 480 g/mol. The minimum Gasteiger partial charge on any atom is -0.493 e. The fourth-order valence-corrected chi connectivity index (χ4v) is 4.10. The Balaban J connectivity index is 1.55. The van der Waals surface area contributed by atoms with Gasteiger partial charge in [0.05, 0.1) is 42.4 Å². The van der Waals surface area contributed by atoms with Crippen molar-refractivity contribution in [2.75, 3.05) is 37.5 Å². The van der Waals surface area contributed by atoms with Gasteiger partial charge in [-0.1, -0.05) is 5.16 Å². The van der Waals surface area contributed by atoms with Gasteiger partial charge in [0.25, 0.3) is 5.91 Å². The van der Waals surface area contributed by atoms with Gasteiger partial charge in [0.2, 0.25) is 0 Å². The Bertz CT molecular complexity index is 1210. The number of anilines is 2. The Morgan fingerprint density at radius 1 is 1.03 bits per heavy atom. The van der Waals surface area contributed by atoms with Crippen LogP contribution in [0.4, 0.5) is 11.4 Å². The van der Waals surface area contributed by atoms with Gasteiger partial charge in [0.1, 0.15) is 12.4 Å². The van der Waals surface area contributed by atoms with Crippen molar-refractivity contribution in [1.29, 1.82) is 0 Å². The van der Waals surface area contributed by atoms with E-state index >= 15 is 0 Å². The topological polar surface area (TPSA) is 103 Å². The maximum Gasteiger partial charge on any atom is 0.337 e. The van der Waals surface area contributed by atoms with Crippen LogP contribution in [0.25, 0.3) is 0 Å². The summed E-state index contributed by atoms with van der Waals surface area (Å²) >= 11 is 0. The molecule has 0 radical (unpaired) electrons. The molecular weight excluding hydrogens is 450 g/mol. The van der Waals surface area contributed by atoms with Crippen molar-refractivity contribution >= 4 is 23.3 Å². The summed E-state index contributed by atoms with van der Waals surface area (Å²) in [6, 6.07) is 10.2. The minimum atomic E-state index is -0.463. The molecule has 9 heteroatoms. The van der Waals surface area contributed by atoms with Crippen LogP contribution < -0.4 is 19.7 Å². The molecule has 0 atom stereocenters. The number of benzene rings is 2. The molecule has 35 heavy (non-hydrogen) atoms. The van der Waals surface area contributed by atoms with E-state index in [0.29, 0.717) is 34.1 Å². The first-order valence-electron chi connectivity index (χ1n) is 11.4. The second kappa shape index (κ2) is 10.5. The van der Waals surface area contributed by atoms with Crippen LogP contribution in [0.5, 0.6) is 11.5 Å². The predicted molar refractivity (Wildman–Crippen MR) is 130 cm³/mol. The van der Waals surface area contributed by atoms with E-state index in [0.717, 1.165) is 42.9 Å². The van der Waals surface area contributed by atoms with Crippen LogP contribution in [-0.4, -0.2) is 44.3 Å². The molecule has 2 aromatic carbocycles. The second-order valence-electron chi connectivity index (χ2n) is 8.33. The number of rotatable bonds is 8. The van der Waals surface area contributed by atoms with Crippen molar-refractivity contribution in [3.8, 4) is 11.5 Å². The lowest BCUT2D eigenvalue weighted by Gasteiger charge is -2.22. The molecule has 1 fully saturated rings. The smallest absolute Gasteiger partial charge is 0.337 e. The van der Waals surface area contributed by atoms with E-state index in [2.05, 4.69) is 15.4 Å². The number of aromatic nitrogens is 1. The largest absolute Gasteiger partial charge is 0.493 e.